The predicted molar refractivity (Wildman–Crippen MR) is 53.7 cm³/mol. The Morgan fingerprint density at radius 3 is 2.67 bits per heavy atom. The van der Waals surface area contributed by atoms with Gasteiger partial charge >= 0.3 is 0 Å². The molecule has 1 heterocycles. The molecule has 0 bridgehead atoms. The van der Waals surface area contributed by atoms with Crippen LogP contribution in [0, 0.1) is 0 Å². The third-order valence-electron chi connectivity index (χ3n) is 2.70. The van der Waals surface area contributed by atoms with Crippen molar-refractivity contribution in [3.05, 3.63) is 23.8 Å². The number of hydrogen-bond donors (Lipinski definition) is 3. The van der Waals surface area contributed by atoms with Crippen LogP contribution >= 0.6 is 0 Å². The van der Waals surface area contributed by atoms with Gasteiger partial charge in [-0.2, -0.15) is 0 Å². The summed E-state index contributed by atoms with van der Waals surface area (Å²) in [7, 11) is 0. The predicted octanol–water partition coefficient (Wildman–Crippen LogP) is 1.10. The lowest BCUT2D eigenvalue weighted by molar-refractivity contribution is -0.0912. The van der Waals surface area contributed by atoms with Crippen LogP contribution in [0.25, 0.3) is 0 Å². The van der Waals surface area contributed by atoms with Crippen molar-refractivity contribution in [3.8, 4) is 11.5 Å². The zero-order valence-corrected chi connectivity index (χ0v) is 8.31. The average molecular weight is 210 g/mol. The minimum absolute atomic E-state index is 0.0171. The molecule has 0 aromatic heterocycles. The number of phenolic OH excluding ortho intramolecular Hbond substituents is 2. The lowest BCUT2D eigenvalue weighted by Gasteiger charge is -2.32. The molecule has 15 heavy (non-hydrogen) atoms. The first-order chi connectivity index (χ1) is 7.12. The zero-order valence-electron chi connectivity index (χ0n) is 8.31. The standard InChI is InChI=1S/C11H14O4/c12-8-2-3-9(10(13)6-8)11(14)4-1-5-15-7-11/h2-3,6,12-14H,1,4-5,7H2. The van der Waals surface area contributed by atoms with Crippen molar-refractivity contribution in [2.24, 2.45) is 0 Å². The van der Waals surface area contributed by atoms with Crippen LogP contribution < -0.4 is 0 Å². The smallest absolute Gasteiger partial charge is 0.125 e. The van der Waals surface area contributed by atoms with Gasteiger partial charge in [0, 0.05) is 18.2 Å². The number of ether oxygens (including phenoxy) is 1. The van der Waals surface area contributed by atoms with Crippen molar-refractivity contribution in [3.63, 3.8) is 0 Å². The van der Waals surface area contributed by atoms with E-state index in [4.69, 9.17) is 9.84 Å². The van der Waals surface area contributed by atoms with Gasteiger partial charge in [0.1, 0.15) is 17.1 Å². The number of aliphatic hydroxyl groups is 1. The number of benzene rings is 1. The molecule has 0 amide bonds. The van der Waals surface area contributed by atoms with E-state index < -0.39 is 5.60 Å². The van der Waals surface area contributed by atoms with E-state index in [0.29, 0.717) is 18.6 Å². The molecule has 82 valence electrons. The fourth-order valence-corrected chi connectivity index (χ4v) is 1.91. The Morgan fingerprint density at radius 2 is 2.07 bits per heavy atom. The minimum Gasteiger partial charge on any atom is -0.508 e. The summed E-state index contributed by atoms with van der Waals surface area (Å²) in [4.78, 5) is 0. The van der Waals surface area contributed by atoms with Crippen LogP contribution in [0.5, 0.6) is 11.5 Å². The topological polar surface area (TPSA) is 69.9 Å². The van der Waals surface area contributed by atoms with Gasteiger partial charge in [0.05, 0.1) is 6.61 Å². The first kappa shape index (κ1) is 10.3. The molecule has 1 saturated heterocycles. The third kappa shape index (κ3) is 1.91. The molecule has 0 aliphatic carbocycles. The van der Waals surface area contributed by atoms with E-state index in [1.807, 2.05) is 0 Å². The largest absolute Gasteiger partial charge is 0.508 e. The van der Waals surface area contributed by atoms with Gasteiger partial charge in [-0.05, 0) is 25.0 Å². The highest BCUT2D eigenvalue weighted by Gasteiger charge is 2.34. The van der Waals surface area contributed by atoms with Crippen LogP contribution in [0.4, 0.5) is 0 Å². The highest BCUT2D eigenvalue weighted by atomic mass is 16.5. The van der Waals surface area contributed by atoms with Crippen LogP contribution in [0.3, 0.4) is 0 Å². The van der Waals surface area contributed by atoms with Gasteiger partial charge in [-0.3, -0.25) is 0 Å². The van der Waals surface area contributed by atoms with Gasteiger partial charge in [-0.1, -0.05) is 0 Å². The van der Waals surface area contributed by atoms with Crippen LogP contribution in [-0.2, 0) is 10.3 Å². The molecule has 1 aromatic rings. The average Bonchev–Trinajstić information content (AvgIpc) is 2.18. The monoisotopic (exact) mass is 210 g/mol. The van der Waals surface area contributed by atoms with Gasteiger partial charge in [-0.25, -0.2) is 0 Å². The Balaban J connectivity index is 2.35. The van der Waals surface area contributed by atoms with Gasteiger partial charge in [-0.15, -0.1) is 0 Å². The Bertz CT molecular complexity index is 356. The molecular formula is C11H14O4. The first-order valence-corrected chi connectivity index (χ1v) is 4.94. The fraction of sp³-hybridized carbons (Fsp3) is 0.455. The van der Waals surface area contributed by atoms with E-state index in [2.05, 4.69) is 0 Å². The SMILES string of the molecule is Oc1ccc(C2(O)CCCOC2)c(O)c1. The van der Waals surface area contributed by atoms with Crippen LogP contribution in [0.2, 0.25) is 0 Å². The molecule has 1 atom stereocenters. The van der Waals surface area contributed by atoms with E-state index in [0.717, 1.165) is 6.42 Å². The number of phenols is 2. The molecule has 1 aromatic carbocycles. The van der Waals surface area contributed by atoms with Crippen molar-refractivity contribution < 1.29 is 20.1 Å². The van der Waals surface area contributed by atoms with Crippen molar-refractivity contribution in [2.45, 2.75) is 18.4 Å². The summed E-state index contributed by atoms with van der Waals surface area (Å²) in [6.45, 7) is 0.826. The van der Waals surface area contributed by atoms with Gasteiger partial charge in [0.2, 0.25) is 0 Å². The molecule has 4 nitrogen and oxygen atoms in total. The van der Waals surface area contributed by atoms with Crippen molar-refractivity contribution >= 4 is 0 Å². The van der Waals surface area contributed by atoms with Crippen molar-refractivity contribution in [1.29, 1.82) is 0 Å². The maximum Gasteiger partial charge on any atom is 0.125 e. The van der Waals surface area contributed by atoms with E-state index in [1.54, 1.807) is 0 Å². The molecular weight excluding hydrogens is 196 g/mol. The maximum atomic E-state index is 10.2. The normalized spacial score (nSPS) is 26.5. The summed E-state index contributed by atoms with van der Waals surface area (Å²) in [6, 6.07) is 4.20. The lowest BCUT2D eigenvalue weighted by Crippen LogP contribution is -2.35. The van der Waals surface area contributed by atoms with Gasteiger partial charge in [0.15, 0.2) is 0 Å². The molecule has 0 saturated carbocycles. The van der Waals surface area contributed by atoms with Crippen LogP contribution in [0.1, 0.15) is 18.4 Å². The van der Waals surface area contributed by atoms with E-state index >= 15 is 0 Å². The second-order valence-corrected chi connectivity index (χ2v) is 3.89. The molecule has 2 rings (SSSR count). The lowest BCUT2D eigenvalue weighted by atomic mass is 9.88. The molecule has 1 aliphatic heterocycles. The number of rotatable bonds is 1. The summed E-state index contributed by atoms with van der Waals surface area (Å²) in [5, 5.41) is 29.0. The fourth-order valence-electron chi connectivity index (χ4n) is 1.91. The molecule has 1 aliphatic rings. The van der Waals surface area contributed by atoms with Crippen LogP contribution in [0.15, 0.2) is 18.2 Å². The molecule has 1 fully saturated rings. The number of hydrogen-bond acceptors (Lipinski definition) is 4. The van der Waals surface area contributed by atoms with E-state index in [9.17, 15) is 10.2 Å². The second kappa shape index (κ2) is 3.72. The zero-order chi connectivity index (χ0) is 10.9. The first-order valence-electron chi connectivity index (χ1n) is 4.94. The van der Waals surface area contributed by atoms with Crippen LogP contribution in [-0.4, -0.2) is 28.5 Å². The summed E-state index contributed by atoms with van der Waals surface area (Å²) < 4.78 is 5.20. The number of aromatic hydroxyl groups is 2. The van der Waals surface area contributed by atoms with Gasteiger partial charge < -0.3 is 20.1 Å². The third-order valence-corrected chi connectivity index (χ3v) is 2.70. The Morgan fingerprint density at radius 1 is 1.27 bits per heavy atom. The Hall–Kier alpha value is -1.26. The summed E-state index contributed by atoms with van der Waals surface area (Å²) in [5.41, 5.74) is -0.712. The van der Waals surface area contributed by atoms with Crippen molar-refractivity contribution in [2.75, 3.05) is 13.2 Å². The summed E-state index contributed by atoms with van der Waals surface area (Å²) in [5.74, 6) is -0.112. The Kier molecular flexibility index (Phi) is 2.54. The van der Waals surface area contributed by atoms with Crippen molar-refractivity contribution in [1.82, 2.24) is 0 Å². The molecule has 1 unspecified atom stereocenters. The van der Waals surface area contributed by atoms with E-state index in [1.165, 1.54) is 18.2 Å². The molecule has 4 heteroatoms. The van der Waals surface area contributed by atoms with E-state index in [-0.39, 0.29) is 18.1 Å². The summed E-state index contributed by atoms with van der Waals surface area (Å²) >= 11 is 0. The quantitative estimate of drug-likeness (QED) is 0.649. The molecule has 0 spiro atoms. The summed E-state index contributed by atoms with van der Waals surface area (Å²) in [6.07, 6.45) is 1.32. The molecule has 3 N–H and O–H groups in total. The highest BCUT2D eigenvalue weighted by Crippen LogP contribution is 2.37. The highest BCUT2D eigenvalue weighted by molar-refractivity contribution is 5.42. The maximum absolute atomic E-state index is 10.2. The Labute approximate surface area is 87.7 Å². The second-order valence-electron chi connectivity index (χ2n) is 3.89. The molecule has 0 radical (unpaired) electrons. The minimum atomic E-state index is -1.13. The van der Waals surface area contributed by atoms with Gasteiger partial charge in [0.25, 0.3) is 0 Å².